The second-order valence-corrected chi connectivity index (χ2v) is 14.7. The lowest BCUT2D eigenvalue weighted by atomic mass is 10.1. The second-order valence-electron chi connectivity index (χ2n) is 14.7. The van der Waals surface area contributed by atoms with Crippen molar-refractivity contribution in [1.29, 1.82) is 0 Å². The summed E-state index contributed by atoms with van der Waals surface area (Å²) in [5, 5.41) is 9.61. The highest BCUT2D eigenvalue weighted by atomic mass is 16.6. The molecule has 0 saturated heterocycles. The summed E-state index contributed by atoms with van der Waals surface area (Å²) >= 11 is 0. The summed E-state index contributed by atoms with van der Waals surface area (Å²) in [7, 11) is 5.49. The van der Waals surface area contributed by atoms with E-state index in [4.69, 9.17) is 14.2 Å². The lowest BCUT2D eigenvalue weighted by Crippen LogP contribution is -2.50. The van der Waals surface area contributed by atoms with Gasteiger partial charge in [-0.1, -0.05) is 162 Å². The SMILES string of the molecule is CC/C=C/C=C/C=C/C=C/C=C/C=C/CCCCCC(=O)OC(COCCC(C(=O)O)[N+](C)(C)C)COC(=O)CCCCCCCCC/C=C/C=C/C=C/CC. The first-order valence-corrected chi connectivity index (χ1v) is 21.0. The molecule has 0 aliphatic heterocycles. The van der Waals surface area contributed by atoms with Crippen molar-refractivity contribution < 1.29 is 38.2 Å². The van der Waals surface area contributed by atoms with Crippen LogP contribution in [0.2, 0.25) is 0 Å². The van der Waals surface area contributed by atoms with Crippen LogP contribution in [0.25, 0.3) is 0 Å². The van der Waals surface area contributed by atoms with E-state index >= 15 is 0 Å². The smallest absolute Gasteiger partial charge is 0.362 e. The molecule has 0 radical (unpaired) electrons. The maximum Gasteiger partial charge on any atom is 0.362 e. The van der Waals surface area contributed by atoms with Crippen LogP contribution in [-0.2, 0) is 28.6 Å². The lowest BCUT2D eigenvalue weighted by Gasteiger charge is -2.31. The van der Waals surface area contributed by atoms with Crippen LogP contribution < -0.4 is 0 Å². The van der Waals surface area contributed by atoms with Crippen molar-refractivity contribution in [3.63, 3.8) is 0 Å². The summed E-state index contributed by atoms with van der Waals surface area (Å²) in [4.78, 5) is 36.9. The molecule has 314 valence electrons. The second kappa shape index (κ2) is 37.9. The summed E-state index contributed by atoms with van der Waals surface area (Å²) in [5.41, 5.74) is 0. The summed E-state index contributed by atoms with van der Waals surface area (Å²) < 4.78 is 17.2. The van der Waals surface area contributed by atoms with E-state index < -0.39 is 18.1 Å². The Morgan fingerprint density at radius 2 is 0.946 bits per heavy atom. The Hall–Kier alpha value is -4.01. The molecule has 0 aliphatic carbocycles. The monoisotopic (exact) mass is 779 g/mol. The average molecular weight is 779 g/mol. The van der Waals surface area contributed by atoms with Crippen LogP contribution >= 0.6 is 0 Å². The molecule has 0 aromatic carbocycles. The number of ether oxygens (including phenoxy) is 3. The van der Waals surface area contributed by atoms with Crippen LogP contribution in [0.4, 0.5) is 0 Å². The molecular weight excluding hydrogens is 703 g/mol. The number of carbonyl (C=O) groups excluding carboxylic acids is 2. The van der Waals surface area contributed by atoms with Crippen molar-refractivity contribution in [3.8, 4) is 0 Å². The summed E-state index contributed by atoms with van der Waals surface area (Å²) in [5.74, 6) is -1.56. The van der Waals surface area contributed by atoms with Crippen LogP contribution in [0.1, 0.15) is 123 Å². The largest absolute Gasteiger partial charge is 0.477 e. The van der Waals surface area contributed by atoms with Gasteiger partial charge in [-0.25, -0.2) is 4.79 Å². The standard InChI is InChI=1S/C48H75NO7/c1-6-8-10-12-14-16-18-20-22-23-25-27-29-31-33-35-37-39-47(51)56-44(42-54-41-40-45(48(52)53)49(3,4)5)43-55-46(50)38-36-34-32-30-28-26-24-21-19-17-15-13-11-9-7-2/h8-20,22-23,25,27,29,44-45H,6-7,21,24,26,28,30-43H2,1-5H3/p+1/b10-8+,11-9+,14-12+,15-13+,18-16+,19-17+,22-20+,25-23+,29-27+. The Morgan fingerprint density at radius 1 is 0.536 bits per heavy atom. The van der Waals surface area contributed by atoms with Gasteiger partial charge in [0.25, 0.3) is 0 Å². The number of hydrogen-bond donors (Lipinski definition) is 1. The molecule has 0 saturated carbocycles. The van der Waals surface area contributed by atoms with Crippen LogP contribution in [0, 0.1) is 0 Å². The third-order valence-corrected chi connectivity index (χ3v) is 8.64. The molecule has 0 fully saturated rings. The number of unbranched alkanes of at least 4 members (excludes halogenated alkanes) is 10. The maximum absolute atomic E-state index is 12.7. The zero-order valence-electron chi connectivity index (χ0n) is 35.5. The molecule has 0 bridgehead atoms. The van der Waals surface area contributed by atoms with Crippen molar-refractivity contribution in [2.24, 2.45) is 0 Å². The third kappa shape index (κ3) is 35.7. The highest BCUT2D eigenvalue weighted by molar-refractivity contribution is 5.72. The van der Waals surface area contributed by atoms with Crippen molar-refractivity contribution in [3.05, 3.63) is 109 Å². The zero-order chi connectivity index (χ0) is 41.4. The Kier molecular flexibility index (Phi) is 35.2. The predicted molar refractivity (Wildman–Crippen MR) is 233 cm³/mol. The van der Waals surface area contributed by atoms with E-state index in [0.717, 1.165) is 64.2 Å². The fourth-order valence-corrected chi connectivity index (χ4v) is 5.41. The Morgan fingerprint density at radius 3 is 1.41 bits per heavy atom. The number of rotatable bonds is 35. The fraction of sp³-hybridized carbons (Fsp3) is 0.562. The van der Waals surface area contributed by atoms with E-state index in [1.165, 1.54) is 19.3 Å². The first kappa shape index (κ1) is 52.0. The van der Waals surface area contributed by atoms with Crippen LogP contribution in [0.5, 0.6) is 0 Å². The van der Waals surface area contributed by atoms with Gasteiger partial charge in [0.05, 0.1) is 34.4 Å². The zero-order valence-corrected chi connectivity index (χ0v) is 35.5. The molecule has 56 heavy (non-hydrogen) atoms. The van der Waals surface area contributed by atoms with Gasteiger partial charge in [0.1, 0.15) is 6.61 Å². The van der Waals surface area contributed by atoms with Gasteiger partial charge in [-0.2, -0.15) is 0 Å². The van der Waals surface area contributed by atoms with E-state index in [-0.39, 0.29) is 42.7 Å². The van der Waals surface area contributed by atoms with Gasteiger partial charge in [0.2, 0.25) is 0 Å². The van der Waals surface area contributed by atoms with E-state index in [0.29, 0.717) is 19.3 Å². The molecule has 2 unspecified atom stereocenters. The van der Waals surface area contributed by atoms with Gasteiger partial charge in [-0.15, -0.1) is 0 Å². The predicted octanol–water partition coefficient (Wildman–Crippen LogP) is 11.3. The van der Waals surface area contributed by atoms with Gasteiger partial charge in [0.15, 0.2) is 12.1 Å². The molecule has 0 aromatic rings. The number of carboxylic acid groups (broad SMARTS) is 1. The van der Waals surface area contributed by atoms with E-state index in [1.54, 1.807) is 0 Å². The maximum atomic E-state index is 12.7. The Bertz CT molecular complexity index is 1280. The summed E-state index contributed by atoms with van der Waals surface area (Å²) in [6.45, 7) is 4.37. The number of quaternary nitrogens is 1. The van der Waals surface area contributed by atoms with Crippen LogP contribution in [0.3, 0.4) is 0 Å². The first-order valence-electron chi connectivity index (χ1n) is 21.0. The number of aliphatic carboxylic acids is 1. The highest BCUT2D eigenvalue weighted by Gasteiger charge is 2.31. The molecule has 0 spiro atoms. The number of carboxylic acids is 1. The van der Waals surface area contributed by atoms with Gasteiger partial charge >= 0.3 is 17.9 Å². The van der Waals surface area contributed by atoms with Crippen molar-refractivity contribution in [2.45, 2.75) is 135 Å². The summed E-state index contributed by atoms with van der Waals surface area (Å²) in [6.07, 6.45) is 51.3. The minimum atomic E-state index is -0.891. The van der Waals surface area contributed by atoms with E-state index in [9.17, 15) is 19.5 Å². The lowest BCUT2D eigenvalue weighted by molar-refractivity contribution is -0.887. The van der Waals surface area contributed by atoms with Crippen molar-refractivity contribution in [2.75, 3.05) is 41.0 Å². The molecule has 8 heteroatoms. The third-order valence-electron chi connectivity index (χ3n) is 8.64. The van der Waals surface area contributed by atoms with Gasteiger partial charge < -0.3 is 23.8 Å². The van der Waals surface area contributed by atoms with E-state index in [1.807, 2.05) is 81.9 Å². The molecule has 0 rings (SSSR count). The topological polar surface area (TPSA) is 99.1 Å². The average Bonchev–Trinajstić information content (AvgIpc) is 3.15. The van der Waals surface area contributed by atoms with Gasteiger partial charge in [-0.3, -0.25) is 9.59 Å². The number of nitrogens with zero attached hydrogens (tertiary/aromatic N) is 1. The quantitative estimate of drug-likeness (QED) is 0.0296. The van der Waals surface area contributed by atoms with Gasteiger partial charge in [-0.05, 0) is 51.4 Å². The minimum absolute atomic E-state index is 0.0305. The van der Waals surface area contributed by atoms with E-state index in [2.05, 4.69) is 62.5 Å². The number of esters is 2. The highest BCUT2D eigenvalue weighted by Crippen LogP contribution is 2.13. The Balaban J connectivity index is 4.52. The van der Waals surface area contributed by atoms with Gasteiger partial charge in [0, 0.05) is 19.3 Å². The Labute approximate surface area is 340 Å². The molecule has 0 amide bonds. The molecule has 1 N–H and O–H groups in total. The number of carbonyl (C=O) groups is 3. The van der Waals surface area contributed by atoms with Crippen LogP contribution in [0.15, 0.2) is 109 Å². The molecule has 8 nitrogen and oxygen atoms in total. The number of likely N-dealkylation sites (N-methyl/N-ethyl adjacent to an activating group) is 1. The fourth-order valence-electron chi connectivity index (χ4n) is 5.41. The van der Waals surface area contributed by atoms with Crippen molar-refractivity contribution in [1.82, 2.24) is 0 Å². The molecule has 0 heterocycles. The number of hydrogen-bond acceptors (Lipinski definition) is 6. The van der Waals surface area contributed by atoms with Crippen LogP contribution in [-0.4, -0.2) is 80.6 Å². The number of allylic oxidation sites excluding steroid dienone is 18. The minimum Gasteiger partial charge on any atom is -0.477 e. The first-order chi connectivity index (χ1) is 27.1. The molecule has 0 aromatic heterocycles. The molecule has 0 aliphatic rings. The molecule has 2 atom stereocenters. The molecular formula is C48H76NO7+. The summed E-state index contributed by atoms with van der Waals surface area (Å²) in [6, 6.07) is -0.632. The normalized spacial score (nSPS) is 14.1. The van der Waals surface area contributed by atoms with Crippen molar-refractivity contribution >= 4 is 17.9 Å².